The predicted molar refractivity (Wildman–Crippen MR) is 106 cm³/mol. The molecule has 0 unspecified atom stereocenters. The molecule has 0 radical (unpaired) electrons. The van der Waals surface area contributed by atoms with Crippen LogP contribution in [0.3, 0.4) is 0 Å². The molecule has 2 N–H and O–H groups in total. The topological polar surface area (TPSA) is 36.4 Å². The molecule has 0 amide bonds. The predicted octanol–water partition coefficient (Wildman–Crippen LogP) is 4.66. The quantitative estimate of drug-likeness (QED) is 0.209. The monoisotopic (exact) mass is 487 g/mol. The lowest BCUT2D eigenvalue weighted by molar-refractivity contribution is -0.182. The summed E-state index contributed by atoms with van der Waals surface area (Å²) in [4.78, 5) is 4.12. The van der Waals surface area contributed by atoms with Crippen LogP contribution in [0.15, 0.2) is 29.3 Å². The van der Waals surface area contributed by atoms with E-state index in [-0.39, 0.29) is 48.7 Å². The van der Waals surface area contributed by atoms with Crippen LogP contribution in [-0.2, 0) is 6.42 Å². The van der Waals surface area contributed by atoms with Gasteiger partial charge in [-0.1, -0.05) is 12.1 Å². The van der Waals surface area contributed by atoms with Crippen LogP contribution in [0.4, 0.5) is 17.6 Å². The van der Waals surface area contributed by atoms with Crippen LogP contribution in [0, 0.1) is 11.7 Å². The summed E-state index contributed by atoms with van der Waals surface area (Å²) in [6.45, 7) is 0.661. The number of nitrogens with zero attached hydrogens (tertiary/aromatic N) is 1. The number of nitrogens with one attached hydrogen (secondary N) is 2. The minimum atomic E-state index is -4.08. The van der Waals surface area contributed by atoms with Gasteiger partial charge < -0.3 is 10.6 Å². The zero-order valence-electron chi connectivity index (χ0n) is 14.8. The van der Waals surface area contributed by atoms with E-state index < -0.39 is 12.1 Å². The number of aliphatic imine (C=N–C) groups is 1. The molecule has 1 aliphatic rings. The van der Waals surface area contributed by atoms with E-state index in [0.717, 1.165) is 18.4 Å². The van der Waals surface area contributed by atoms with Crippen LogP contribution >= 0.6 is 24.0 Å². The van der Waals surface area contributed by atoms with Gasteiger partial charge in [-0.25, -0.2) is 4.39 Å². The number of hydrogen-bond donors (Lipinski definition) is 2. The maximum absolute atomic E-state index is 13.1. The molecule has 1 saturated carbocycles. The van der Waals surface area contributed by atoms with Crippen molar-refractivity contribution in [3.8, 4) is 0 Å². The van der Waals surface area contributed by atoms with E-state index in [1.54, 1.807) is 13.1 Å². The SMILES string of the molecule is CN=C(NCCCc1cccc(F)c1)NC1CCC(C(F)(F)F)CC1.I. The Kier molecular flexibility index (Phi) is 9.67. The second-order valence-corrected chi connectivity index (χ2v) is 6.47. The maximum Gasteiger partial charge on any atom is 0.391 e. The first kappa shape index (κ1) is 23.0. The number of alkyl halides is 3. The number of hydrogen-bond acceptors (Lipinski definition) is 1. The summed E-state index contributed by atoms with van der Waals surface area (Å²) in [5.41, 5.74) is 0.940. The Morgan fingerprint density at radius 2 is 1.88 bits per heavy atom. The molecule has 1 fully saturated rings. The second kappa shape index (κ2) is 10.9. The first-order valence-electron chi connectivity index (χ1n) is 8.67. The molecule has 0 atom stereocenters. The standard InChI is InChI=1S/C18H25F4N3.HI/c1-23-17(24-11-3-5-13-4-2-6-15(19)12-13)25-16-9-7-14(8-10-16)18(20,21)22;/h2,4,6,12,14,16H,3,5,7-11H2,1H3,(H2,23,24,25);1H. The molecule has 148 valence electrons. The van der Waals surface area contributed by atoms with E-state index in [1.807, 2.05) is 6.07 Å². The smallest absolute Gasteiger partial charge is 0.356 e. The summed E-state index contributed by atoms with van der Waals surface area (Å²) >= 11 is 0. The fourth-order valence-electron chi connectivity index (χ4n) is 3.14. The molecule has 0 saturated heterocycles. The van der Waals surface area contributed by atoms with E-state index >= 15 is 0 Å². The average molecular weight is 487 g/mol. The van der Waals surface area contributed by atoms with E-state index in [4.69, 9.17) is 0 Å². The molecule has 3 nitrogen and oxygen atoms in total. The summed E-state index contributed by atoms with van der Waals surface area (Å²) in [5.74, 6) is -0.807. The van der Waals surface area contributed by atoms with E-state index in [1.165, 1.54) is 12.1 Å². The van der Waals surface area contributed by atoms with Gasteiger partial charge in [-0.3, -0.25) is 4.99 Å². The van der Waals surface area contributed by atoms with E-state index in [0.29, 0.717) is 25.3 Å². The van der Waals surface area contributed by atoms with Gasteiger partial charge in [0, 0.05) is 19.6 Å². The van der Waals surface area contributed by atoms with Gasteiger partial charge in [0.15, 0.2) is 5.96 Å². The molecule has 1 aromatic rings. The van der Waals surface area contributed by atoms with Crippen molar-refractivity contribution in [2.45, 2.75) is 50.7 Å². The third-order valence-corrected chi connectivity index (χ3v) is 4.58. The zero-order chi connectivity index (χ0) is 18.3. The highest BCUT2D eigenvalue weighted by atomic mass is 127. The van der Waals surface area contributed by atoms with Gasteiger partial charge in [-0.15, -0.1) is 24.0 Å². The molecule has 0 spiro atoms. The van der Waals surface area contributed by atoms with Crippen molar-refractivity contribution in [2.24, 2.45) is 10.9 Å². The lowest BCUT2D eigenvalue weighted by atomic mass is 9.85. The third kappa shape index (κ3) is 7.67. The van der Waals surface area contributed by atoms with Crippen LogP contribution < -0.4 is 10.6 Å². The Labute approximate surface area is 169 Å². The highest BCUT2D eigenvalue weighted by Gasteiger charge is 2.41. The van der Waals surface area contributed by atoms with Crippen LogP contribution in [0.5, 0.6) is 0 Å². The number of halogens is 5. The number of benzene rings is 1. The average Bonchev–Trinajstić information content (AvgIpc) is 2.57. The van der Waals surface area contributed by atoms with Gasteiger partial charge in [0.1, 0.15) is 5.82 Å². The minimum absolute atomic E-state index is 0. The maximum atomic E-state index is 13.1. The van der Waals surface area contributed by atoms with Crippen molar-refractivity contribution in [3.05, 3.63) is 35.6 Å². The van der Waals surface area contributed by atoms with Crippen molar-refractivity contribution in [3.63, 3.8) is 0 Å². The molecule has 0 aromatic heterocycles. The summed E-state index contributed by atoms with van der Waals surface area (Å²) in [6, 6.07) is 6.53. The van der Waals surface area contributed by atoms with Crippen molar-refractivity contribution < 1.29 is 17.6 Å². The Hall–Kier alpha value is -1.06. The van der Waals surface area contributed by atoms with Gasteiger partial charge >= 0.3 is 6.18 Å². The van der Waals surface area contributed by atoms with Crippen LogP contribution in [0.1, 0.15) is 37.7 Å². The fraction of sp³-hybridized carbons (Fsp3) is 0.611. The van der Waals surface area contributed by atoms with Gasteiger partial charge in [0.05, 0.1) is 5.92 Å². The fourth-order valence-corrected chi connectivity index (χ4v) is 3.14. The van der Waals surface area contributed by atoms with Crippen molar-refractivity contribution in [2.75, 3.05) is 13.6 Å². The lowest BCUT2D eigenvalue weighted by Gasteiger charge is -2.31. The normalized spacial score (nSPS) is 21.0. The number of aryl methyl sites for hydroxylation is 1. The Morgan fingerprint density at radius 3 is 2.46 bits per heavy atom. The van der Waals surface area contributed by atoms with Gasteiger partial charge in [0.2, 0.25) is 0 Å². The highest BCUT2D eigenvalue weighted by molar-refractivity contribution is 14.0. The van der Waals surface area contributed by atoms with Crippen molar-refractivity contribution in [1.82, 2.24) is 10.6 Å². The van der Waals surface area contributed by atoms with Crippen molar-refractivity contribution in [1.29, 1.82) is 0 Å². The molecule has 2 rings (SSSR count). The Morgan fingerprint density at radius 1 is 1.19 bits per heavy atom. The van der Waals surface area contributed by atoms with Crippen LogP contribution in [0.2, 0.25) is 0 Å². The minimum Gasteiger partial charge on any atom is -0.356 e. The third-order valence-electron chi connectivity index (χ3n) is 4.58. The molecule has 1 aromatic carbocycles. The number of guanidine groups is 1. The molecule has 0 aliphatic heterocycles. The molecule has 1 aliphatic carbocycles. The van der Waals surface area contributed by atoms with Gasteiger partial charge in [-0.2, -0.15) is 13.2 Å². The largest absolute Gasteiger partial charge is 0.391 e. The Balaban J connectivity index is 0.00000338. The first-order valence-corrected chi connectivity index (χ1v) is 8.67. The molecule has 8 heteroatoms. The molecular formula is C18H26F4IN3. The van der Waals surface area contributed by atoms with Gasteiger partial charge in [0.25, 0.3) is 0 Å². The van der Waals surface area contributed by atoms with Crippen LogP contribution in [0.25, 0.3) is 0 Å². The first-order chi connectivity index (χ1) is 11.9. The summed E-state index contributed by atoms with van der Waals surface area (Å²) in [7, 11) is 1.64. The summed E-state index contributed by atoms with van der Waals surface area (Å²) in [5, 5.41) is 6.36. The molecule has 0 heterocycles. The molecule has 26 heavy (non-hydrogen) atoms. The lowest BCUT2D eigenvalue weighted by Crippen LogP contribution is -2.46. The van der Waals surface area contributed by atoms with E-state index in [2.05, 4.69) is 15.6 Å². The molecular weight excluding hydrogens is 461 g/mol. The molecule has 0 bridgehead atoms. The van der Waals surface area contributed by atoms with Crippen LogP contribution in [-0.4, -0.2) is 31.8 Å². The zero-order valence-corrected chi connectivity index (χ0v) is 17.1. The van der Waals surface area contributed by atoms with Gasteiger partial charge in [-0.05, 0) is 56.2 Å². The van der Waals surface area contributed by atoms with E-state index in [9.17, 15) is 17.6 Å². The Bertz CT molecular complexity index is 570. The number of rotatable bonds is 5. The van der Waals surface area contributed by atoms with Crippen molar-refractivity contribution >= 4 is 29.9 Å². The highest BCUT2D eigenvalue weighted by Crippen LogP contribution is 2.37. The summed E-state index contributed by atoms with van der Waals surface area (Å²) in [6.07, 6.45) is -1.21. The second-order valence-electron chi connectivity index (χ2n) is 6.47. The summed E-state index contributed by atoms with van der Waals surface area (Å²) < 4.78 is 51.2.